The van der Waals surface area contributed by atoms with Crippen molar-refractivity contribution in [2.45, 2.75) is 51.3 Å². The molecule has 1 heterocycles. The molecule has 0 aromatic carbocycles. The molecule has 1 saturated heterocycles. The SMILES string of the molecule is CC(C)(C)O[C@@H]1C[C@@H](O)[C@@H](O)CO1. The molecule has 0 aliphatic carbocycles. The summed E-state index contributed by atoms with van der Waals surface area (Å²) in [5.74, 6) is 0. The van der Waals surface area contributed by atoms with Gasteiger partial charge in [0.05, 0.1) is 18.3 Å². The third-order valence-electron chi connectivity index (χ3n) is 1.82. The second-order valence-corrected chi connectivity index (χ2v) is 4.36. The first kappa shape index (κ1) is 10.9. The summed E-state index contributed by atoms with van der Waals surface area (Å²) in [7, 11) is 0. The van der Waals surface area contributed by atoms with Gasteiger partial charge in [-0.05, 0) is 20.8 Å². The zero-order valence-electron chi connectivity index (χ0n) is 8.36. The smallest absolute Gasteiger partial charge is 0.160 e. The van der Waals surface area contributed by atoms with Crippen LogP contribution >= 0.6 is 0 Å². The fourth-order valence-electron chi connectivity index (χ4n) is 1.22. The van der Waals surface area contributed by atoms with Crippen LogP contribution in [0.5, 0.6) is 0 Å². The molecule has 1 aliphatic rings. The van der Waals surface area contributed by atoms with Gasteiger partial charge in [-0.2, -0.15) is 0 Å². The van der Waals surface area contributed by atoms with Crippen LogP contribution in [0.15, 0.2) is 0 Å². The summed E-state index contributed by atoms with van der Waals surface area (Å²) in [4.78, 5) is 0. The van der Waals surface area contributed by atoms with E-state index in [4.69, 9.17) is 14.6 Å². The van der Waals surface area contributed by atoms with Crippen LogP contribution in [0.25, 0.3) is 0 Å². The molecule has 0 bridgehead atoms. The highest BCUT2D eigenvalue weighted by molar-refractivity contribution is 4.75. The Morgan fingerprint density at radius 3 is 2.31 bits per heavy atom. The van der Waals surface area contributed by atoms with Gasteiger partial charge in [0.2, 0.25) is 0 Å². The molecule has 78 valence electrons. The summed E-state index contributed by atoms with van der Waals surface area (Å²) in [6.45, 7) is 5.91. The second-order valence-electron chi connectivity index (χ2n) is 4.36. The predicted molar refractivity (Wildman–Crippen MR) is 47.2 cm³/mol. The van der Waals surface area contributed by atoms with E-state index in [1.54, 1.807) is 0 Å². The van der Waals surface area contributed by atoms with Gasteiger partial charge in [-0.3, -0.25) is 0 Å². The van der Waals surface area contributed by atoms with E-state index >= 15 is 0 Å². The predicted octanol–water partition coefficient (Wildman–Crippen LogP) is 0.270. The van der Waals surface area contributed by atoms with Crippen molar-refractivity contribution in [2.24, 2.45) is 0 Å². The van der Waals surface area contributed by atoms with Gasteiger partial charge in [-0.15, -0.1) is 0 Å². The van der Waals surface area contributed by atoms with Crippen molar-refractivity contribution in [2.75, 3.05) is 6.61 Å². The molecule has 0 spiro atoms. The van der Waals surface area contributed by atoms with Crippen molar-refractivity contribution >= 4 is 0 Å². The molecule has 0 aromatic rings. The molecule has 4 nitrogen and oxygen atoms in total. The number of rotatable bonds is 1. The van der Waals surface area contributed by atoms with Gasteiger partial charge in [0.15, 0.2) is 6.29 Å². The fourth-order valence-corrected chi connectivity index (χ4v) is 1.22. The van der Waals surface area contributed by atoms with E-state index in [1.165, 1.54) is 0 Å². The van der Waals surface area contributed by atoms with Crippen LogP contribution in [0, 0.1) is 0 Å². The van der Waals surface area contributed by atoms with Gasteiger partial charge in [0, 0.05) is 6.42 Å². The lowest BCUT2D eigenvalue weighted by atomic mass is 10.1. The van der Waals surface area contributed by atoms with Gasteiger partial charge < -0.3 is 19.7 Å². The van der Waals surface area contributed by atoms with Gasteiger partial charge >= 0.3 is 0 Å². The average molecular weight is 190 g/mol. The van der Waals surface area contributed by atoms with Crippen molar-refractivity contribution < 1.29 is 19.7 Å². The van der Waals surface area contributed by atoms with Crippen LogP contribution in [0.4, 0.5) is 0 Å². The molecule has 0 aromatic heterocycles. The van der Waals surface area contributed by atoms with Crippen molar-refractivity contribution in [3.63, 3.8) is 0 Å². The summed E-state index contributed by atoms with van der Waals surface area (Å²) in [5.41, 5.74) is -0.285. The highest BCUT2D eigenvalue weighted by atomic mass is 16.7. The Hall–Kier alpha value is -0.160. The van der Waals surface area contributed by atoms with Gasteiger partial charge in [-0.25, -0.2) is 0 Å². The van der Waals surface area contributed by atoms with Crippen molar-refractivity contribution in [1.82, 2.24) is 0 Å². The minimum absolute atomic E-state index is 0.141. The lowest BCUT2D eigenvalue weighted by molar-refractivity contribution is -0.248. The molecule has 1 fully saturated rings. The normalized spacial score (nSPS) is 36.2. The Morgan fingerprint density at radius 2 is 1.85 bits per heavy atom. The van der Waals surface area contributed by atoms with Crippen LogP contribution in [0.1, 0.15) is 27.2 Å². The van der Waals surface area contributed by atoms with E-state index in [1.807, 2.05) is 20.8 Å². The van der Waals surface area contributed by atoms with Crippen LogP contribution in [-0.4, -0.2) is 40.9 Å². The van der Waals surface area contributed by atoms with E-state index in [0.717, 1.165) is 0 Å². The highest BCUT2D eigenvalue weighted by Crippen LogP contribution is 2.20. The van der Waals surface area contributed by atoms with Crippen molar-refractivity contribution in [3.05, 3.63) is 0 Å². The Morgan fingerprint density at radius 1 is 1.23 bits per heavy atom. The van der Waals surface area contributed by atoms with Gasteiger partial charge in [-0.1, -0.05) is 0 Å². The number of aliphatic hydroxyl groups excluding tert-OH is 2. The maximum Gasteiger partial charge on any atom is 0.160 e. The number of aliphatic hydroxyl groups is 2. The monoisotopic (exact) mass is 190 g/mol. The summed E-state index contributed by atoms with van der Waals surface area (Å²) >= 11 is 0. The maximum atomic E-state index is 9.33. The Bertz CT molecular complexity index is 163. The first-order chi connectivity index (χ1) is 5.88. The van der Waals surface area contributed by atoms with E-state index in [-0.39, 0.29) is 12.2 Å². The Balaban J connectivity index is 2.38. The molecule has 0 amide bonds. The average Bonchev–Trinajstić information content (AvgIpc) is 1.94. The molecule has 1 aliphatic heterocycles. The van der Waals surface area contributed by atoms with E-state index in [9.17, 15) is 5.11 Å². The molecule has 0 saturated carbocycles. The largest absolute Gasteiger partial charge is 0.390 e. The summed E-state index contributed by atoms with van der Waals surface area (Å²) < 4.78 is 10.7. The second kappa shape index (κ2) is 3.92. The third kappa shape index (κ3) is 3.60. The van der Waals surface area contributed by atoms with Crippen LogP contribution in [-0.2, 0) is 9.47 Å². The minimum Gasteiger partial charge on any atom is -0.390 e. The minimum atomic E-state index is -0.778. The quantitative estimate of drug-likeness (QED) is 0.623. The first-order valence-corrected chi connectivity index (χ1v) is 4.54. The van der Waals surface area contributed by atoms with Crippen LogP contribution in [0.2, 0.25) is 0 Å². The Labute approximate surface area is 78.5 Å². The third-order valence-corrected chi connectivity index (χ3v) is 1.82. The van der Waals surface area contributed by atoms with Crippen LogP contribution < -0.4 is 0 Å². The molecule has 1 rings (SSSR count). The molecule has 3 atom stereocenters. The summed E-state index contributed by atoms with van der Waals surface area (Å²) in [5, 5.41) is 18.5. The molecular formula is C9H18O4. The van der Waals surface area contributed by atoms with Gasteiger partial charge in [0.25, 0.3) is 0 Å². The molecule has 0 radical (unpaired) electrons. The molecule has 2 N–H and O–H groups in total. The molecule has 0 unspecified atom stereocenters. The van der Waals surface area contributed by atoms with Crippen molar-refractivity contribution in [3.8, 4) is 0 Å². The van der Waals surface area contributed by atoms with E-state index in [2.05, 4.69) is 0 Å². The lowest BCUT2D eigenvalue weighted by Gasteiger charge is -2.34. The fraction of sp³-hybridized carbons (Fsp3) is 1.00. The van der Waals surface area contributed by atoms with Crippen molar-refractivity contribution in [1.29, 1.82) is 0 Å². The number of hydrogen-bond donors (Lipinski definition) is 2. The molecule has 13 heavy (non-hydrogen) atoms. The van der Waals surface area contributed by atoms with E-state index in [0.29, 0.717) is 6.42 Å². The topological polar surface area (TPSA) is 58.9 Å². The number of ether oxygens (including phenoxy) is 2. The summed E-state index contributed by atoms with van der Waals surface area (Å²) in [6.07, 6.45) is -1.59. The number of hydrogen-bond acceptors (Lipinski definition) is 4. The lowest BCUT2D eigenvalue weighted by Crippen LogP contribution is -2.44. The zero-order chi connectivity index (χ0) is 10.1. The standard InChI is InChI=1S/C9H18O4/c1-9(2,3)13-8-4-6(10)7(11)5-12-8/h6-8,10-11H,4-5H2,1-3H3/t6-,7+,8-/m1/s1. The van der Waals surface area contributed by atoms with Gasteiger partial charge in [0.1, 0.15) is 6.10 Å². The zero-order valence-corrected chi connectivity index (χ0v) is 8.36. The van der Waals surface area contributed by atoms with E-state index < -0.39 is 18.5 Å². The Kier molecular flexibility index (Phi) is 3.29. The first-order valence-electron chi connectivity index (χ1n) is 4.54. The summed E-state index contributed by atoms with van der Waals surface area (Å²) in [6, 6.07) is 0. The maximum absolute atomic E-state index is 9.33. The highest BCUT2D eigenvalue weighted by Gasteiger charge is 2.31. The molecule has 4 heteroatoms. The molecular weight excluding hydrogens is 172 g/mol. The van der Waals surface area contributed by atoms with Crippen LogP contribution in [0.3, 0.4) is 0 Å².